The predicted octanol–water partition coefficient (Wildman–Crippen LogP) is 1.25. The van der Waals surface area contributed by atoms with Crippen molar-refractivity contribution >= 4 is 11.7 Å². The standard InChI is InChI=1S/C13H15N5O/c1-9(11-4-2-3-6-15-11)17-13(19)10-5-7-16-12(8-10)18-14/h2-9H,14H2,1H3,(H,16,18)(H,17,19). The van der Waals surface area contributed by atoms with Crippen LogP contribution in [-0.2, 0) is 0 Å². The molecule has 1 atom stereocenters. The van der Waals surface area contributed by atoms with Gasteiger partial charge >= 0.3 is 0 Å². The molecule has 0 fully saturated rings. The molecule has 0 bridgehead atoms. The van der Waals surface area contributed by atoms with E-state index in [1.54, 1.807) is 18.3 Å². The highest BCUT2D eigenvalue weighted by Crippen LogP contribution is 2.11. The van der Waals surface area contributed by atoms with Crippen LogP contribution in [0.3, 0.4) is 0 Å². The first-order valence-electron chi connectivity index (χ1n) is 5.85. The molecule has 0 saturated heterocycles. The molecule has 0 saturated carbocycles. The highest BCUT2D eigenvalue weighted by Gasteiger charge is 2.12. The maximum atomic E-state index is 12.1. The largest absolute Gasteiger partial charge is 0.344 e. The Morgan fingerprint density at radius 3 is 2.79 bits per heavy atom. The number of pyridine rings is 2. The van der Waals surface area contributed by atoms with Gasteiger partial charge < -0.3 is 10.7 Å². The van der Waals surface area contributed by atoms with E-state index < -0.39 is 0 Å². The van der Waals surface area contributed by atoms with E-state index in [9.17, 15) is 4.79 Å². The molecule has 0 radical (unpaired) electrons. The normalized spacial score (nSPS) is 11.7. The molecule has 0 aliphatic heterocycles. The number of nitrogens with one attached hydrogen (secondary N) is 2. The smallest absolute Gasteiger partial charge is 0.251 e. The summed E-state index contributed by atoms with van der Waals surface area (Å²) < 4.78 is 0. The van der Waals surface area contributed by atoms with E-state index in [0.29, 0.717) is 11.4 Å². The molecule has 1 unspecified atom stereocenters. The minimum absolute atomic E-state index is 0.170. The Kier molecular flexibility index (Phi) is 4.04. The molecule has 0 aliphatic carbocycles. The van der Waals surface area contributed by atoms with Crippen molar-refractivity contribution in [1.29, 1.82) is 0 Å². The molecule has 1 amide bonds. The molecule has 2 rings (SSSR count). The Balaban J connectivity index is 2.08. The van der Waals surface area contributed by atoms with Crippen LogP contribution in [0.5, 0.6) is 0 Å². The Morgan fingerprint density at radius 1 is 1.26 bits per heavy atom. The summed E-state index contributed by atoms with van der Waals surface area (Å²) in [6.45, 7) is 1.88. The SMILES string of the molecule is CC(NC(=O)c1ccnc(NN)c1)c1ccccn1. The number of amides is 1. The lowest BCUT2D eigenvalue weighted by atomic mass is 10.2. The van der Waals surface area contributed by atoms with Gasteiger partial charge in [0, 0.05) is 18.0 Å². The van der Waals surface area contributed by atoms with Crippen LogP contribution in [0.1, 0.15) is 29.0 Å². The number of carbonyl (C=O) groups excluding carboxylic acids is 1. The molecular formula is C13H15N5O. The number of hydrazine groups is 1. The summed E-state index contributed by atoms with van der Waals surface area (Å²) in [6, 6.07) is 8.62. The summed E-state index contributed by atoms with van der Waals surface area (Å²) in [5, 5.41) is 2.87. The lowest BCUT2D eigenvalue weighted by Gasteiger charge is -2.13. The molecule has 2 aromatic heterocycles. The zero-order chi connectivity index (χ0) is 13.7. The number of nitrogens with zero attached hydrogens (tertiary/aromatic N) is 2. The molecule has 0 aromatic carbocycles. The Bertz CT molecular complexity index is 558. The van der Waals surface area contributed by atoms with Crippen LogP contribution in [0.2, 0.25) is 0 Å². The summed E-state index contributed by atoms with van der Waals surface area (Å²) in [7, 11) is 0. The summed E-state index contributed by atoms with van der Waals surface area (Å²) >= 11 is 0. The third-order valence-electron chi connectivity index (χ3n) is 2.65. The van der Waals surface area contributed by atoms with Crippen molar-refractivity contribution < 1.29 is 4.79 Å². The summed E-state index contributed by atoms with van der Waals surface area (Å²) in [4.78, 5) is 20.2. The van der Waals surface area contributed by atoms with Gasteiger partial charge in [0.05, 0.1) is 11.7 Å². The average Bonchev–Trinajstić information content (AvgIpc) is 2.48. The monoisotopic (exact) mass is 257 g/mol. The number of nitrogens with two attached hydrogens (primary N) is 1. The van der Waals surface area contributed by atoms with Crippen molar-refractivity contribution in [2.75, 3.05) is 5.43 Å². The fraction of sp³-hybridized carbons (Fsp3) is 0.154. The molecule has 6 nitrogen and oxygen atoms in total. The van der Waals surface area contributed by atoms with Crippen molar-refractivity contribution in [2.24, 2.45) is 5.84 Å². The van der Waals surface area contributed by atoms with Crippen molar-refractivity contribution in [3.05, 3.63) is 54.0 Å². The van der Waals surface area contributed by atoms with E-state index in [2.05, 4.69) is 20.7 Å². The van der Waals surface area contributed by atoms with Crippen LogP contribution in [-0.4, -0.2) is 15.9 Å². The van der Waals surface area contributed by atoms with Gasteiger partial charge in [-0.3, -0.25) is 9.78 Å². The summed E-state index contributed by atoms with van der Waals surface area (Å²) in [5.74, 6) is 5.50. The number of nitrogen functional groups attached to an aromatic ring is 1. The molecule has 0 spiro atoms. The van der Waals surface area contributed by atoms with Crippen molar-refractivity contribution in [1.82, 2.24) is 15.3 Å². The number of anilines is 1. The number of rotatable bonds is 4. The Hall–Kier alpha value is -2.47. The zero-order valence-electron chi connectivity index (χ0n) is 10.5. The van der Waals surface area contributed by atoms with Gasteiger partial charge in [-0.25, -0.2) is 10.8 Å². The van der Waals surface area contributed by atoms with E-state index in [1.807, 2.05) is 25.1 Å². The van der Waals surface area contributed by atoms with Gasteiger partial charge in [-0.2, -0.15) is 0 Å². The van der Waals surface area contributed by atoms with Crippen molar-refractivity contribution in [3.63, 3.8) is 0 Å². The van der Waals surface area contributed by atoms with Crippen LogP contribution >= 0.6 is 0 Å². The van der Waals surface area contributed by atoms with Crippen LogP contribution in [0, 0.1) is 0 Å². The lowest BCUT2D eigenvalue weighted by Crippen LogP contribution is -2.27. The van der Waals surface area contributed by atoms with Crippen LogP contribution < -0.4 is 16.6 Å². The summed E-state index contributed by atoms with van der Waals surface area (Å²) in [6.07, 6.45) is 3.22. The minimum atomic E-state index is -0.197. The number of carbonyl (C=O) groups is 1. The van der Waals surface area contributed by atoms with Gasteiger partial charge in [0.2, 0.25) is 0 Å². The molecule has 0 aliphatic rings. The van der Waals surface area contributed by atoms with Crippen LogP contribution in [0.15, 0.2) is 42.7 Å². The van der Waals surface area contributed by atoms with E-state index in [4.69, 9.17) is 5.84 Å². The van der Waals surface area contributed by atoms with Crippen molar-refractivity contribution in [2.45, 2.75) is 13.0 Å². The molecule has 4 N–H and O–H groups in total. The highest BCUT2D eigenvalue weighted by atomic mass is 16.1. The van der Waals surface area contributed by atoms with E-state index >= 15 is 0 Å². The number of hydrogen-bond donors (Lipinski definition) is 3. The zero-order valence-corrected chi connectivity index (χ0v) is 10.5. The molecule has 2 aromatic rings. The van der Waals surface area contributed by atoms with Gasteiger partial charge in [-0.1, -0.05) is 6.07 Å². The number of aromatic nitrogens is 2. The highest BCUT2D eigenvalue weighted by molar-refractivity contribution is 5.94. The third kappa shape index (κ3) is 3.26. The van der Waals surface area contributed by atoms with Crippen molar-refractivity contribution in [3.8, 4) is 0 Å². The quantitative estimate of drug-likeness (QED) is 0.566. The molecule has 6 heteroatoms. The van der Waals surface area contributed by atoms with E-state index in [-0.39, 0.29) is 11.9 Å². The summed E-state index contributed by atoms with van der Waals surface area (Å²) in [5.41, 5.74) is 3.70. The second-order valence-corrected chi connectivity index (χ2v) is 4.02. The predicted molar refractivity (Wildman–Crippen MR) is 72.2 cm³/mol. The second kappa shape index (κ2) is 5.92. The Labute approximate surface area is 111 Å². The van der Waals surface area contributed by atoms with Gasteiger partial charge in [0.25, 0.3) is 5.91 Å². The molecule has 98 valence electrons. The van der Waals surface area contributed by atoms with Gasteiger partial charge in [0.1, 0.15) is 5.82 Å². The van der Waals surface area contributed by atoms with E-state index in [0.717, 1.165) is 5.69 Å². The lowest BCUT2D eigenvalue weighted by molar-refractivity contribution is 0.0939. The fourth-order valence-corrected chi connectivity index (χ4v) is 1.64. The Morgan fingerprint density at radius 2 is 2.11 bits per heavy atom. The topological polar surface area (TPSA) is 92.9 Å². The fourth-order valence-electron chi connectivity index (χ4n) is 1.64. The molecule has 2 heterocycles. The minimum Gasteiger partial charge on any atom is -0.344 e. The third-order valence-corrected chi connectivity index (χ3v) is 2.65. The first kappa shape index (κ1) is 13.0. The first-order valence-corrected chi connectivity index (χ1v) is 5.85. The molecular weight excluding hydrogens is 242 g/mol. The van der Waals surface area contributed by atoms with Crippen LogP contribution in [0.4, 0.5) is 5.82 Å². The van der Waals surface area contributed by atoms with Gasteiger partial charge in [-0.05, 0) is 31.2 Å². The van der Waals surface area contributed by atoms with Gasteiger partial charge in [-0.15, -0.1) is 0 Å². The average molecular weight is 257 g/mol. The maximum Gasteiger partial charge on any atom is 0.251 e. The maximum absolute atomic E-state index is 12.1. The second-order valence-electron chi connectivity index (χ2n) is 4.02. The first-order chi connectivity index (χ1) is 9.20. The van der Waals surface area contributed by atoms with E-state index in [1.165, 1.54) is 6.20 Å². The number of hydrogen-bond acceptors (Lipinski definition) is 5. The van der Waals surface area contributed by atoms with Gasteiger partial charge in [0.15, 0.2) is 0 Å². The molecule has 19 heavy (non-hydrogen) atoms. The van der Waals surface area contributed by atoms with Crippen LogP contribution in [0.25, 0.3) is 0 Å².